The lowest BCUT2D eigenvalue weighted by Crippen LogP contribution is -2.20. The zero-order valence-electron chi connectivity index (χ0n) is 30.6. The molecule has 0 amide bonds. The van der Waals surface area contributed by atoms with Gasteiger partial charge in [0.1, 0.15) is 34.1 Å². The second-order valence-electron chi connectivity index (χ2n) is 16.2. The fourth-order valence-electron chi connectivity index (χ4n) is 4.89. The molecule has 0 heterocycles. The Labute approximate surface area is 286 Å². The fourth-order valence-corrected chi connectivity index (χ4v) is 4.89. The average molecular weight is 653 g/mol. The summed E-state index contributed by atoms with van der Waals surface area (Å²) < 4.78 is 10.8. The van der Waals surface area contributed by atoms with Crippen molar-refractivity contribution >= 4 is 11.9 Å². The van der Waals surface area contributed by atoms with Crippen molar-refractivity contribution in [1.82, 2.24) is 0 Å². The molecule has 0 unspecified atom stereocenters. The van der Waals surface area contributed by atoms with Crippen LogP contribution in [0.4, 0.5) is 0 Å². The van der Waals surface area contributed by atoms with Gasteiger partial charge in [0.15, 0.2) is 0 Å². The number of hydrogen-bond donors (Lipinski definition) is 2. The molecule has 0 atom stereocenters. The number of benzene rings is 4. The minimum atomic E-state index is -0.546. The van der Waals surface area contributed by atoms with E-state index in [9.17, 15) is 19.8 Å². The van der Waals surface area contributed by atoms with Crippen LogP contribution in [0.25, 0.3) is 0 Å². The van der Waals surface area contributed by atoms with Gasteiger partial charge in [0.2, 0.25) is 0 Å². The van der Waals surface area contributed by atoms with E-state index in [1.54, 1.807) is 60.7 Å². The molecule has 0 fully saturated rings. The molecule has 0 bridgehead atoms. The van der Waals surface area contributed by atoms with Crippen LogP contribution in [0.3, 0.4) is 0 Å². The normalized spacial score (nSPS) is 12.1. The smallest absolute Gasteiger partial charge is 0.347 e. The van der Waals surface area contributed by atoms with E-state index in [2.05, 4.69) is 41.5 Å². The van der Waals surface area contributed by atoms with Crippen LogP contribution in [0.2, 0.25) is 0 Å². The first-order chi connectivity index (χ1) is 22.0. The van der Waals surface area contributed by atoms with Gasteiger partial charge in [-0.1, -0.05) is 132 Å². The Morgan fingerprint density at radius 3 is 1.00 bits per heavy atom. The molecule has 4 rings (SSSR count). The lowest BCUT2D eigenvalue weighted by atomic mass is 9.79. The highest BCUT2D eigenvalue weighted by Gasteiger charge is 2.29. The minimum Gasteiger partial charge on any atom is -0.507 e. The summed E-state index contributed by atoms with van der Waals surface area (Å²) in [6.45, 7) is 24.6. The Morgan fingerprint density at radius 1 is 0.458 bits per heavy atom. The monoisotopic (exact) mass is 652 g/mol. The molecule has 0 saturated heterocycles. The highest BCUT2D eigenvalue weighted by Crippen LogP contribution is 2.39. The zero-order chi connectivity index (χ0) is 36.2. The molecule has 0 spiro atoms. The van der Waals surface area contributed by atoms with Crippen LogP contribution in [0.5, 0.6) is 23.0 Å². The average Bonchev–Trinajstić information content (AvgIpc) is 2.96. The van der Waals surface area contributed by atoms with Gasteiger partial charge < -0.3 is 19.7 Å². The first-order valence-corrected chi connectivity index (χ1v) is 16.3. The van der Waals surface area contributed by atoms with Crippen molar-refractivity contribution in [2.24, 2.45) is 0 Å². The SMILES string of the molecule is CC(C)(C)c1cc(C(=O)Oc2ccccc2)c(O)c(C(C)(C)C)c1.CC(C)(C)c1cc(C(=O)Oc2ccccc2)c(O)c(C(C)(C)C)c1. The predicted molar refractivity (Wildman–Crippen MR) is 194 cm³/mol. The molecule has 0 radical (unpaired) electrons. The highest BCUT2D eigenvalue weighted by atomic mass is 16.5. The summed E-state index contributed by atoms with van der Waals surface area (Å²) in [4.78, 5) is 25.2. The maximum atomic E-state index is 12.6. The van der Waals surface area contributed by atoms with Gasteiger partial charge in [0.25, 0.3) is 0 Å². The van der Waals surface area contributed by atoms with Gasteiger partial charge >= 0.3 is 11.9 Å². The summed E-state index contributed by atoms with van der Waals surface area (Å²) in [5.74, 6) is -0.181. The van der Waals surface area contributed by atoms with Gasteiger partial charge in [0.05, 0.1) is 0 Å². The lowest BCUT2D eigenvalue weighted by molar-refractivity contribution is 0.0721. The third-order valence-corrected chi connectivity index (χ3v) is 7.92. The third-order valence-electron chi connectivity index (χ3n) is 7.92. The molecule has 0 aliphatic heterocycles. The summed E-state index contributed by atoms with van der Waals surface area (Å²) in [7, 11) is 0. The quantitative estimate of drug-likeness (QED) is 0.168. The van der Waals surface area contributed by atoms with Gasteiger partial charge in [-0.25, -0.2) is 9.59 Å². The highest BCUT2D eigenvalue weighted by molar-refractivity contribution is 5.95. The van der Waals surface area contributed by atoms with E-state index in [0.29, 0.717) is 11.5 Å². The number of rotatable bonds is 4. The molecule has 6 heteroatoms. The molecular weight excluding hydrogens is 600 g/mol. The van der Waals surface area contributed by atoms with Crippen LogP contribution >= 0.6 is 0 Å². The number of ether oxygens (including phenoxy) is 2. The second-order valence-corrected chi connectivity index (χ2v) is 16.2. The number of esters is 2. The van der Waals surface area contributed by atoms with Crippen molar-refractivity contribution in [3.8, 4) is 23.0 Å². The number of carbonyl (C=O) groups excluding carboxylic acids is 2. The molecule has 0 aliphatic rings. The molecule has 2 N–H and O–H groups in total. The first kappa shape index (κ1) is 37.9. The van der Waals surface area contributed by atoms with Crippen LogP contribution in [0, 0.1) is 0 Å². The molecule has 0 aliphatic carbocycles. The molecule has 0 aromatic heterocycles. The molecule has 4 aromatic rings. The van der Waals surface area contributed by atoms with Crippen molar-refractivity contribution < 1.29 is 29.3 Å². The molecule has 4 aromatic carbocycles. The Balaban J connectivity index is 0.000000260. The number of para-hydroxylation sites is 2. The van der Waals surface area contributed by atoms with E-state index in [-0.39, 0.29) is 44.3 Å². The van der Waals surface area contributed by atoms with Crippen LogP contribution in [0.15, 0.2) is 84.9 Å². The Morgan fingerprint density at radius 2 is 0.750 bits per heavy atom. The number of carbonyl (C=O) groups is 2. The largest absolute Gasteiger partial charge is 0.507 e. The second kappa shape index (κ2) is 14.3. The van der Waals surface area contributed by atoms with E-state index >= 15 is 0 Å². The minimum absolute atomic E-state index is 0.00330. The number of aromatic hydroxyl groups is 2. The summed E-state index contributed by atoms with van der Waals surface area (Å²) in [5.41, 5.74) is 3.03. The van der Waals surface area contributed by atoms with Gasteiger partial charge in [-0.05, 0) is 69.2 Å². The van der Waals surface area contributed by atoms with E-state index in [1.807, 2.05) is 65.8 Å². The Hall–Kier alpha value is -4.58. The van der Waals surface area contributed by atoms with Crippen molar-refractivity contribution in [2.75, 3.05) is 0 Å². The van der Waals surface area contributed by atoms with E-state index < -0.39 is 11.9 Å². The maximum Gasteiger partial charge on any atom is 0.347 e. The van der Waals surface area contributed by atoms with Gasteiger partial charge in [-0.2, -0.15) is 0 Å². The molecule has 6 nitrogen and oxygen atoms in total. The standard InChI is InChI=1S/2C21H26O3/c2*1-20(2,3)14-12-16(18(22)17(13-14)21(4,5)6)19(23)24-15-10-8-7-9-11-15/h2*7-13,22H,1-6H3. The molecule has 48 heavy (non-hydrogen) atoms. The summed E-state index contributed by atoms with van der Waals surface area (Å²) in [6, 6.07) is 25.2. The van der Waals surface area contributed by atoms with E-state index in [1.165, 1.54) is 0 Å². The van der Waals surface area contributed by atoms with Crippen LogP contribution < -0.4 is 9.47 Å². The maximum absolute atomic E-state index is 12.6. The third kappa shape index (κ3) is 9.72. The summed E-state index contributed by atoms with van der Waals surface area (Å²) in [6.07, 6.45) is 0. The van der Waals surface area contributed by atoms with Gasteiger partial charge in [-0.3, -0.25) is 0 Å². The number of phenols is 2. The first-order valence-electron chi connectivity index (χ1n) is 16.3. The van der Waals surface area contributed by atoms with Crippen molar-refractivity contribution in [1.29, 1.82) is 0 Å². The van der Waals surface area contributed by atoms with Crippen molar-refractivity contribution in [3.63, 3.8) is 0 Å². The van der Waals surface area contributed by atoms with Crippen LogP contribution in [-0.2, 0) is 21.7 Å². The summed E-state index contributed by atoms with van der Waals surface area (Å²) in [5, 5.41) is 21.3. The predicted octanol–water partition coefficient (Wildman–Crippen LogP) is 10.4. The fraction of sp³-hybridized carbons (Fsp3) is 0.381. The zero-order valence-corrected chi connectivity index (χ0v) is 30.6. The Bertz CT molecular complexity index is 1600. The molecule has 0 saturated carbocycles. The van der Waals surface area contributed by atoms with Crippen LogP contribution in [0.1, 0.15) is 126 Å². The molecule has 256 valence electrons. The van der Waals surface area contributed by atoms with E-state index in [0.717, 1.165) is 22.3 Å². The van der Waals surface area contributed by atoms with E-state index in [4.69, 9.17) is 9.47 Å². The Kier molecular flexibility index (Phi) is 11.3. The number of phenolic OH excluding ortho intramolecular Hbond substituents is 2. The summed E-state index contributed by atoms with van der Waals surface area (Å²) >= 11 is 0. The van der Waals surface area contributed by atoms with Gasteiger partial charge in [-0.15, -0.1) is 0 Å². The van der Waals surface area contributed by atoms with Gasteiger partial charge in [0, 0.05) is 11.1 Å². The van der Waals surface area contributed by atoms with Crippen molar-refractivity contribution in [3.05, 3.63) is 118 Å². The lowest BCUT2D eigenvalue weighted by Gasteiger charge is -2.27. The molecular formula is C42H52O6. The van der Waals surface area contributed by atoms with Crippen molar-refractivity contribution in [2.45, 2.75) is 105 Å². The number of hydrogen-bond acceptors (Lipinski definition) is 6. The topological polar surface area (TPSA) is 93.1 Å². The van der Waals surface area contributed by atoms with Crippen LogP contribution in [-0.4, -0.2) is 22.2 Å².